The molecule has 1 fully saturated rings. The van der Waals surface area contributed by atoms with E-state index >= 15 is 0 Å². The molecule has 0 spiro atoms. The largest absolute Gasteiger partial charge is 0.395 e. The van der Waals surface area contributed by atoms with Crippen molar-refractivity contribution in [2.45, 2.75) is 0 Å². The number of aliphatic hydroxyl groups excluding tert-OH is 1. The molecule has 1 aliphatic rings. The Bertz CT molecular complexity index is 308. The van der Waals surface area contributed by atoms with E-state index in [2.05, 4.69) is 15.1 Å². The molecule has 0 atom stereocenters. The monoisotopic (exact) mass is 213 g/mol. The molecule has 1 aromatic rings. The first kappa shape index (κ1) is 10.2. The van der Waals surface area contributed by atoms with Crippen molar-refractivity contribution in [3.05, 3.63) is 0 Å². The predicted molar refractivity (Wildman–Crippen MR) is 54.4 cm³/mol. The van der Waals surface area contributed by atoms with Crippen LogP contribution in [0.15, 0.2) is 4.42 Å². The SMILES string of the molecule is Nc1nnc(N2CCN(CCO)CC2)o1. The summed E-state index contributed by atoms with van der Waals surface area (Å²) in [6, 6.07) is 0.582. The van der Waals surface area contributed by atoms with E-state index in [-0.39, 0.29) is 12.6 Å². The molecule has 15 heavy (non-hydrogen) atoms. The molecule has 0 unspecified atom stereocenters. The highest BCUT2D eigenvalue weighted by Gasteiger charge is 2.20. The lowest BCUT2D eigenvalue weighted by Crippen LogP contribution is -2.47. The summed E-state index contributed by atoms with van der Waals surface area (Å²) < 4.78 is 5.13. The van der Waals surface area contributed by atoms with Crippen LogP contribution in [0, 0.1) is 0 Å². The van der Waals surface area contributed by atoms with Gasteiger partial charge in [0.05, 0.1) is 6.61 Å². The van der Waals surface area contributed by atoms with E-state index in [1.807, 2.05) is 4.90 Å². The van der Waals surface area contributed by atoms with E-state index in [9.17, 15) is 0 Å². The third-order valence-electron chi connectivity index (χ3n) is 2.49. The molecule has 7 nitrogen and oxygen atoms in total. The Kier molecular flexibility index (Phi) is 3.02. The van der Waals surface area contributed by atoms with Crippen molar-refractivity contribution in [1.82, 2.24) is 15.1 Å². The quantitative estimate of drug-likeness (QED) is 0.649. The van der Waals surface area contributed by atoms with Crippen molar-refractivity contribution in [2.24, 2.45) is 0 Å². The Balaban J connectivity index is 1.88. The minimum atomic E-state index is 0.0998. The van der Waals surface area contributed by atoms with Crippen molar-refractivity contribution in [3.63, 3.8) is 0 Å². The van der Waals surface area contributed by atoms with Crippen molar-refractivity contribution in [1.29, 1.82) is 0 Å². The van der Waals surface area contributed by atoms with Crippen LogP contribution in [0.25, 0.3) is 0 Å². The molecule has 0 amide bonds. The number of hydrogen-bond acceptors (Lipinski definition) is 7. The topological polar surface area (TPSA) is 91.7 Å². The Morgan fingerprint density at radius 2 is 2.00 bits per heavy atom. The van der Waals surface area contributed by atoms with Crippen molar-refractivity contribution >= 4 is 12.0 Å². The van der Waals surface area contributed by atoms with Gasteiger partial charge in [-0.1, -0.05) is 10.2 Å². The van der Waals surface area contributed by atoms with Gasteiger partial charge in [-0.15, -0.1) is 0 Å². The molecular formula is C8H15N5O2. The van der Waals surface area contributed by atoms with Gasteiger partial charge in [-0.05, 0) is 0 Å². The van der Waals surface area contributed by atoms with E-state index in [0.29, 0.717) is 6.01 Å². The number of aliphatic hydroxyl groups is 1. The summed E-state index contributed by atoms with van der Waals surface area (Å²) in [7, 11) is 0. The van der Waals surface area contributed by atoms with E-state index in [0.717, 1.165) is 32.7 Å². The number of rotatable bonds is 3. The normalized spacial score (nSPS) is 18.3. The third kappa shape index (κ3) is 2.37. The number of nitrogens with zero attached hydrogens (tertiary/aromatic N) is 4. The van der Waals surface area contributed by atoms with Crippen molar-refractivity contribution in [3.8, 4) is 0 Å². The second-order valence-corrected chi connectivity index (χ2v) is 3.48. The molecule has 0 bridgehead atoms. The summed E-state index contributed by atoms with van der Waals surface area (Å²) in [6.07, 6.45) is 0. The Morgan fingerprint density at radius 1 is 1.27 bits per heavy atom. The summed E-state index contributed by atoms with van der Waals surface area (Å²) >= 11 is 0. The van der Waals surface area contributed by atoms with Gasteiger partial charge in [-0.25, -0.2) is 0 Å². The van der Waals surface area contributed by atoms with Crippen molar-refractivity contribution < 1.29 is 9.52 Å². The zero-order valence-electron chi connectivity index (χ0n) is 8.46. The summed E-state index contributed by atoms with van der Waals surface area (Å²) in [5.41, 5.74) is 5.35. The van der Waals surface area contributed by atoms with Crippen LogP contribution in [0.4, 0.5) is 12.0 Å². The number of nitrogen functional groups attached to an aromatic ring is 1. The van der Waals surface area contributed by atoms with E-state index in [1.165, 1.54) is 0 Å². The molecule has 2 rings (SSSR count). The van der Waals surface area contributed by atoms with Gasteiger partial charge in [0.25, 0.3) is 0 Å². The Hall–Kier alpha value is -1.34. The van der Waals surface area contributed by atoms with Crippen LogP contribution in [-0.2, 0) is 0 Å². The molecule has 0 aromatic carbocycles. The van der Waals surface area contributed by atoms with Gasteiger partial charge in [0.2, 0.25) is 0 Å². The van der Waals surface area contributed by atoms with Gasteiger partial charge in [0, 0.05) is 32.7 Å². The van der Waals surface area contributed by atoms with Crippen LogP contribution in [0.1, 0.15) is 0 Å². The lowest BCUT2D eigenvalue weighted by molar-refractivity contribution is 0.187. The molecule has 3 N–H and O–H groups in total. The highest BCUT2D eigenvalue weighted by atomic mass is 16.4. The van der Waals surface area contributed by atoms with Gasteiger partial charge in [0.1, 0.15) is 0 Å². The number of anilines is 2. The smallest absolute Gasteiger partial charge is 0.319 e. The fraction of sp³-hybridized carbons (Fsp3) is 0.750. The lowest BCUT2D eigenvalue weighted by atomic mass is 10.3. The average Bonchev–Trinajstić information content (AvgIpc) is 2.67. The fourth-order valence-electron chi connectivity index (χ4n) is 1.66. The number of aromatic nitrogens is 2. The van der Waals surface area contributed by atoms with Crippen LogP contribution < -0.4 is 10.6 Å². The van der Waals surface area contributed by atoms with Crippen molar-refractivity contribution in [2.75, 3.05) is 50.0 Å². The predicted octanol–water partition coefficient (Wildman–Crippen LogP) is -1.23. The van der Waals surface area contributed by atoms with Gasteiger partial charge in [-0.3, -0.25) is 4.90 Å². The van der Waals surface area contributed by atoms with Crippen LogP contribution >= 0.6 is 0 Å². The summed E-state index contributed by atoms with van der Waals surface area (Å²) in [6.45, 7) is 4.35. The van der Waals surface area contributed by atoms with E-state index in [1.54, 1.807) is 0 Å². The zero-order valence-corrected chi connectivity index (χ0v) is 8.46. The van der Waals surface area contributed by atoms with Gasteiger partial charge in [0.15, 0.2) is 0 Å². The second kappa shape index (κ2) is 4.45. The minimum Gasteiger partial charge on any atom is -0.395 e. The number of β-amino-alcohol motifs (C(OH)–C–C–N with tert-alkyl or cyclic N) is 1. The molecule has 0 aliphatic carbocycles. The van der Waals surface area contributed by atoms with Gasteiger partial charge < -0.3 is 20.2 Å². The van der Waals surface area contributed by atoms with Gasteiger partial charge >= 0.3 is 12.0 Å². The molecule has 84 valence electrons. The van der Waals surface area contributed by atoms with Crippen LogP contribution in [0.5, 0.6) is 0 Å². The first-order valence-corrected chi connectivity index (χ1v) is 4.97. The Labute approximate surface area is 87.5 Å². The zero-order chi connectivity index (χ0) is 10.7. The molecule has 0 saturated carbocycles. The standard InChI is InChI=1S/C8H15N5O2/c9-7-10-11-8(15-7)13-3-1-12(2-4-13)5-6-14/h14H,1-6H2,(H2,9,10). The number of hydrogen-bond donors (Lipinski definition) is 2. The number of nitrogens with two attached hydrogens (primary N) is 1. The maximum atomic E-state index is 8.79. The molecule has 1 saturated heterocycles. The number of piperazine rings is 1. The molecular weight excluding hydrogens is 198 g/mol. The third-order valence-corrected chi connectivity index (χ3v) is 2.49. The maximum absolute atomic E-state index is 8.79. The highest BCUT2D eigenvalue weighted by molar-refractivity contribution is 5.28. The molecule has 0 radical (unpaired) electrons. The average molecular weight is 213 g/mol. The lowest BCUT2D eigenvalue weighted by Gasteiger charge is -2.32. The second-order valence-electron chi connectivity index (χ2n) is 3.48. The van der Waals surface area contributed by atoms with Gasteiger partial charge in [-0.2, -0.15) is 0 Å². The molecule has 2 heterocycles. The van der Waals surface area contributed by atoms with E-state index < -0.39 is 0 Å². The summed E-state index contributed by atoms with van der Waals surface area (Å²) in [5, 5.41) is 16.2. The fourth-order valence-corrected chi connectivity index (χ4v) is 1.66. The molecule has 7 heteroatoms. The maximum Gasteiger partial charge on any atom is 0.319 e. The van der Waals surface area contributed by atoms with Crippen LogP contribution in [-0.4, -0.2) is 59.5 Å². The summed E-state index contributed by atoms with van der Waals surface area (Å²) in [5.74, 6) is 0. The summed E-state index contributed by atoms with van der Waals surface area (Å²) in [4.78, 5) is 4.19. The first-order valence-electron chi connectivity index (χ1n) is 4.97. The molecule has 1 aromatic heterocycles. The Morgan fingerprint density at radius 3 is 2.53 bits per heavy atom. The highest BCUT2D eigenvalue weighted by Crippen LogP contribution is 2.14. The first-order chi connectivity index (χ1) is 7.29. The van der Waals surface area contributed by atoms with E-state index in [4.69, 9.17) is 15.3 Å². The minimum absolute atomic E-state index is 0.0998. The van der Waals surface area contributed by atoms with Crippen LogP contribution in [0.3, 0.4) is 0 Å². The molecule has 1 aliphatic heterocycles. The van der Waals surface area contributed by atoms with Crippen LogP contribution in [0.2, 0.25) is 0 Å².